The second kappa shape index (κ2) is 7.40. The van der Waals surface area contributed by atoms with Crippen molar-refractivity contribution in [3.63, 3.8) is 0 Å². The number of anilines is 2. The highest BCUT2D eigenvalue weighted by Crippen LogP contribution is 2.29. The van der Waals surface area contributed by atoms with Crippen LogP contribution in [0.3, 0.4) is 0 Å². The molecule has 2 rings (SSSR count). The van der Waals surface area contributed by atoms with Crippen molar-refractivity contribution in [1.82, 2.24) is 9.97 Å². The Morgan fingerprint density at radius 2 is 2.25 bits per heavy atom. The molecule has 1 aliphatic heterocycles. The molecule has 20 heavy (non-hydrogen) atoms. The summed E-state index contributed by atoms with van der Waals surface area (Å²) < 4.78 is 0. The van der Waals surface area contributed by atoms with Crippen molar-refractivity contribution in [2.45, 2.75) is 51.5 Å². The topological polar surface area (TPSA) is 87.3 Å². The lowest BCUT2D eigenvalue weighted by molar-refractivity contribution is 0.254. The average molecular weight is 279 g/mol. The number of aliphatic hydroxyl groups excluding tert-OH is 1. The van der Waals surface area contributed by atoms with E-state index >= 15 is 0 Å². The Morgan fingerprint density at radius 1 is 1.40 bits per heavy atom. The van der Waals surface area contributed by atoms with E-state index < -0.39 is 0 Å². The summed E-state index contributed by atoms with van der Waals surface area (Å²) in [6, 6.07) is 0.147. The zero-order valence-electron chi connectivity index (χ0n) is 12.2. The maximum atomic E-state index is 9.67. The number of nitrogens with two attached hydrogens (primary N) is 1. The number of nitrogen functional groups attached to an aromatic ring is 1. The van der Waals surface area contributed by atoms with Gasteiger partial charge in [-0.1, -0.05) is 26.2 Å². The Morgan fingerprint density at radius 3 is 2.95 bits per heavy atom. The van der Waals surface area contributed by atoms with E-state index in [1.165, 1.54) is 6.42 Å². The van der Waals surface area contributed by atoms with Crippen LogP contribution in [0.4, 0.5) is 11.6 Å². The fourth-order valence-electron chi connectivity index (χ4n) is 2.90. The molecule has 6 heteroatoms. The minimum Gasteiger partial charge on any atom is -0.394 e. The summed E-state index contributed by atoms with van der Waals surface area (Å²) >= 11 is 0. The summed E-state index contributed by atoms with van der Waals surface area (Å²) in [6.07, 6.45) is 7.95. The van der Waals surface area contributed by atoms with E-state index in [4.69, 9.17) is 5.84 Å². The summed E-state index contributed by atoms with van der Waals surface area (Å²) in [5.41, 5.74) is 3.72. The largest absolute Gasteiger partial charge is 0.394 e. The molecule has 1 saturated heterocycles. The monoisotopic (exact) mass is 279 g/mol. The van der Waals surface area contributed by atoms with Gasteiger partial charge in [-0.2, -0.15) is 0 Å². The maximum absolute atomic E-state index is 9.67. The SMILES string of the molecule is CCCc1c(NN)ncnc1N1CCCCCC1CO. The van der Waals surface area contributed by atoms with Gasteiger partial charge in [-0.25, -0.2) is 15.8 Å². The fourth-order valence-corrected chi connectivity index (χ4v) is 2.90. The lowest BCUT2D eigenvalue weighted by Gasteiger charge is -2.31. The van der Waals surface area contributed by atoms with Gasteiger partial charge in [0.1, 0.15) is 18.0 Å². The molecule has 0 bridgehead atoms. The highest BCUT2D eigenvalue weighted by atomic mass is 16.3. The molecule has 1 aromatic rings. The Labute approximate surface area is 120 Å². The van der Waals surface area contributed by atoms with Crippen LogP contribution >= 0.6 is 0 Å². The van der Waals surface area contributed by atoms with Gasteiger partial charge < -0.3 is 15.4 Å². The highest BCUT2D eigenvalue weighted by molar-refractivity contribution is 5.59. The molecule has 1 aromatic heterocycles. The third-order valence-corrected chi connectivity index (χ3v) is 3.92. The molecule has 0 aliphatic carbocycles. The standard InChI is InChI=1S/C14H25N5O/c1-2-6-12-13(18-15)16-10-17-14(12)19-8-5-3-4-7-11(19)9-20/h10-11,20H,2-9,15H2,1H3,(H,16,17,18). The predicted molar refractivity (Wildman–Crippen MR) is 80.5 cm³/mol. The summed E-state index contributed by atoms with van der Waals surface area (Å²) in [6.45, 7) is 3.23. The zero-order valence-corrected chi connectivity index (χ0v) is 12.2. The van der Waals surface area contributed by atoms with E-state index in [1.807, 2.05) is 0 Å². The smallest absolute Gasteiger partial charge is 0.148 e. The van der Waals surface area contributed by atoms with Crippen LogP contribution in [0.1, 0.15) is 44.6 Å². The van der Waals surface area contributed by atoms with Crippen molar-refractivity contribution < 1.29 is 5.11 Å². The minimum atomic E-state index is 0.147. The molecule has 0 radical (unpaired) electrons. The van der Waals surface area contributed by atoms with E-state index in [0.717, 1.165) is 50.0 Å². The van der Waals surface area contributed by atoms with Crippen LogP contribution in [-0.2, 0) is 6.42 Å². The molecule has 0 aromatic carbocycles. The first-order valence-electron chi connectivity index (χ1n) is 7.49. The Kier molecular flexibility index (Phi) is 5.55. The molecule has 1 fully saturated rings. The second-order valence-electron chi connectivity index (χ2n) is 5.30. The van der Waals surface area contributed by atoms with E-state index in [0.29, 0.717) is 5.82 Å². The second-order valence-corrected chi connectivity index (χ2v) is 5.30. The number of nitrogens with one attached hydrogen (secondary N) is 1. The van der Waals surface area contributed by atoms with E-state index in [-0.39, 0.29) is 12.6 Å². The lowest BCUT2D eigenvalue weighted by atomic mass is 10.1. The molecule has 0 amide bonds. The van der Waals surface area contributed by atoms with Crippen molar-refractivity contribution in [2.24, 2.45) is 5.84 Å². The Bertz CT molecular complexity index is 426. The number of hydrogen-bond donors (Lipinski definition) is 3. The Hall–Kier alpha value is -1.40. The number of nitrogens with zero attached hydrogens (tertiary/aromatic N) is 3. The first kappa shape index (κ1) is 15.0. The molecule has 1 atom stereocenters. The van der Waals surface area contributed by atoms with Crippen LogP contribution in [-0.4, -0.2) is 34.3 Å². The molecule has 112 valence electrons. The van der Waals surface area contributed by atoms with Gasteiger partial charge in [-0.05, 0) is 19.3 Å². The first-order valence-corrected chi connectivity index (χ1v) is 7.49. The van der Waals surface area contributed by atoms with Gasteiger partial charge in [-0.15, -0.1) is 0 Å². The Balaban J connectivity index is 2.37. The highest BCUT2D eigenvalue weighted by Gasteiger charge is 2.24. The molecule has 4 N–H and O–H groups in total. The molecule has 1 unspecified atom stereocenters. The van der Waals surface area contributed by atoms with Gasteiger partial charge in [0.2, 0.25) is 0 Å². The summed E-state index contributed by atoms with van der Waals surface area (Å²) in [5, 5.41) is 9.67. The third-order valence-electron chi connectivity index (χ3n) is 3.92. The molecule has 1 aliphatic rings. The van der Waals surface area contributed by atoms with Gasteiger partial charge >= 0.3 is 0 Å². The summed E-state index contributed by atoms with van der Waals surface area (Å²) in [5.74, 6) is 7.19. The van der Waals surface area contributed by atoms with Crippen LogP contribution in [0.2, 0.25) is 0 Å². The number of rotatable bonds is 5. The van der Waals surface area contributed by atoms with E-state index in [9.17, 15) is 5.11 Å². The molecule has 0 spiro atoms. The van der Waals surface area contributed by atoms with Crippen LogP contribution < -0.4 is 16.2 Å². The van der Waals surface area contributed by atoms with Crippen LogP contribution in [0.25, 0.3) is 0 Å². The molecular weight excluding hydrogens is 254 g/mol. The zero-order chi connectivity index (χ0) is 14.4. The molecule has 2 heterocycles. The fraction of sp³-hybridized carbons (Fsp3) is 0.714. The van der Waals surface area contributed by atoms with Gasteiger partial charge in [-0.3, -0.25) is 0 Å². The van der Waals surface area contributed by atoms with E-state index in [1.54, 1.807) is 6.33 Å². The van der Waals surface area contributed by atoms with Crippen molar-refractivity contribution >= 4 is 11.6 Å². The summed E-state index contributed by atoms with van der Waals surface area (Å²) in [4.78, 5) is 10.9. The number of aliphatic hydroxyl groups is 1. The quantitative estimate of drug-likeness (QED) is 0.558. The lowest BCUT2D eigenvalue weighted by Crippen LogP contribution is -2.39. The van der Waals surface area contributed by atoms with Crippen LogP contribution in [0.15, 0.2) is 6.33 Å². The first-order chi connectivity index (χ1) is 9.81. The van der Waals surface area contributed by atoms with Crippen molar-refractivity contribution in [3.05, 3.63) is 11.9 Å². The molecule has 6 nitrogen and oxygen atoms in total. The predicted octanol–water partition coefficient (Wildman–Crippen LogP) is 1.46. The van der Waals surface area contributed by atoms with Gasteiger partial charge in [0, 0.05) is 12.1 Å². The van der Waals surface area contributed by atoms with Crippen molar-refractivity contribution in [3.8, 4) is 0 Å². The van der Waals surface area contributed by atoms with Gasteiger partial charge in [0.05, 0.1) is 12.6 Å². The molecular formula is C14H25N5O. The van der Waals surface area contributed by atoms with Gasteiger partial charge in [0.15, 0.2) is 0 Å². The third kappa shape index (κ3) is 3.19. The summed E-state index contributed by atoms with van der Waals surface area (Å²) in [7, 11) is 0. The number of hydrazine groups is 1. The van der Waals surface area contributed by atoms with E-state index in [2.05, 4.69) is 27.2 Å². The van der Waals surface area contributed by atoms with Crippen LogP contribution in [0, 0.1) is 0 Å². The van der Waals surface area contributed by atoms with Gasteiger partial charge in [0.25, 0.3) is 0 Å². The van der Waals surface area contributed by atoms with Crippen LogP contribution in [0.5, 0.6) is 0 Å². The maximum Gasteiger partial charge on any atom is 0.148 e. The van der Waals surface area contributed by atoms with Crippen molar-refractivity contribution in [2.75, 3.05) is 23.5 Å². The number of hydrogen-bond acceptors (Lipinski definition) is 6. The minimum absolute atomic E-state index is 0.147. The molecule has 0 saturated carbocycles. The normalized spacial score (nSPS) is 19.8. The number of aromatic nitrogens is 2. The van der Waals surface area contributed by atoms with Crippen molar-refractivity contribution in [1.29, 1.82) is 0 Å². The average Bonchev–Trinajstić information content (AvgIpc) is 2.73.